The lowest BCUT2D eigenvalue weighted by Crippen LogP contribution is -2.75. The number of hydrogen-bond acceptors (Lipinski definition) is 3. The maximum Gasteiger partial charge on any atom is 0.335 e. The van der Waals surface area contributed by atoms with Gasteiger partial charge in [-0.05, 0) is 0 Å². The molecule has 56 valence electrons. The molecule has 0 saturated carbocycles. The molecule has 1 aliphatic rings. The summed E-state index contributed by atoms with van der Waals surface area (Å²) < 4.78 is 1.91. The lowest BCUT2D eigenvalue weighted by molar-refractivity contribution is -0.486. The average molecular weight is 151 g/mol. The molecule has 0 spiro atoms. The first-order chi connectivity index (χ1) is 5.29. The minimum atomic E-state index is 0.530. The zero-order valence-electron chi connectivity index (χ0n) is 6.15. The highest BCUT2D eigenvalue weighted by Crippen LogP contribution is 2.23. The SMILES string of the molecule is C[N+]1=C[NH2+]c2ncnc(N)c21. The summed E-state index contributed by atoms with van der Waals surface area (Å²) in [6.07, 6.45) is 3.38. The second-order valence-electron chi connectivity index (χ2n) is 2.42. The van der Waals surface area contributed by atoms with Crippen LogP contribution in [0.15, 0.2) is 6.33 Å². The van der Waals surface area contributed by atoms with Crippen molar-refractivity contribution in [2.75, 3.05) is 12.8 Å². The molecule has 4 N–H and O–H groups in total. The van der Waals surface area contributed by atoms with Crippen LogP contribution in [0.4, 0.5) is 17.3 Å². The highest BCUT2D eigenvalue weighted by atomic mass is 15.2. The van der Waals surface area contributed by atoms with E-state index < -0.39 is 0 Å². The van der Waals surface area contributed by atoms with Gasteiger partial charge in [0, 0.05) is 0 Å². The molecule has 11 heavy (non-hydrogen) atoms. The molecule has 5 nitrogen and oxygen atoms in total. The van der Waals surface area contributed by atoms with Gasteiger partial charge in [0.2, 0.25) is 5.82 Å². The van der Waals surface area contributed by atoms with E-state index in [1.807, 2.05) is 23.3 Å². The highest BCUT2D eigenvalue weighted by molar-refractivity contribution is 5.67. The third-order valence-electron chi connectivity index (χ3n) is 1.69. The largest absolute Gasteiger partial charge is 0.378 e. The topological polar surface area (TPSA) is 71.4 Å². The van der Waals surface area contributed by atoms with E-state index in [2.05, 4.69) is 9.97 Å². The molecule has 0 saturated heterocycles. The maximum atomic E-state index is 5.63. The van der Waals surface area contributed by atoms with Crippen LogP contribution in [0.5, 0.6) is 0 Å². The number of nitrogens with zero attached hydrogens (tertiary/aromatic N) is 3. The van der Waals surface area contributed by atoms with Crippen LogP contribution in [0.1, 0.15) is 0 Å². The van der Waals surface area contributed by atoms with E-state index in [0.29, 0.717) is 5.82 Å². The number of quaternary nitrogens is 1. The van der Waals surface area contributed by atoms with Gasteiger partial charge in [0.15, 0.2) is 0 Å². The fraction of sp³-hybridized carbons (Fsp3) is 0.167. The van der Waals surface area contributed by atoms with Crippen molar-refractivity contribution in [3.63, 3.8) is 0 Å². The smallest absolute Gasteiger partial charge is 0.335 e. The molecule has 0 fully saturated rings. The number of nitrogens with two attached hydrogens (primary N) is 2. The van der Waals surface area contributed by atoms with Gasteiger partial charge in [-0.15, -0.1) is 4.58 Å². The minimum Gasteiger partial charge on any atom is -0.378 e. The molecule has 0 unspecified atom stereocenters. The Morgan fingerprint density at radius 2 is 2.36 bits per heavy atom. The molecule has 0 bridgehead atoms. The van der Waals surface area contributed by atoms with Crippen LogP contribution in [0.2, 0.25) is 0 Å². The molecular weight excluding hydrogens is 142 g/mol. The summed E-state index contributed by atoms with van der Waals surface area (Å²) in [5.41, 5.74) is 6.53. The summed E-state index contributed by atoms with van der Waals surface area (Å²) in [4.78, 5) is 7.94. The molecule has 1 aromatic rings. The van der Waals surface area contributed by atoms with Crippen molar-refractivity contribution in [1.29, 1.82) is 0 Å². The summed E-state index contributed by atoms with van der Waals surface area (Å²) in [6.45, 7) is 0. The van der Waals surface area contributed by atoms with Crippen molar-refractivity contribution >= 4 is 23.7 Å². The normalized spacial score (nSPS) is 14.5. The first-order valence-electron chi connectivity index (χ1n) is 3.30. The monoisotopic (exact) mass is 151 g/mol. The van der Waals surface area contributed by atoms with Gasteiger partial charge >= 0.3 is 17.8 Å². The third kappa shape index (κ3) is 0.779. The van der Waals surface area contributed by atoms with E-state index in [1.165, 1.54) is 6.33 Å². The van der Waals surface area contributed by atoms with E-state index in [0.717, 1.165) is 11.5 Å². The predicted octanol–water partition coefficient (Wildman–Crippen LogP) is -1.43. The second-order valence-corrected chi connectivity index (χ2v) is 2.42. The van der Waals surface area contributed by atoms with E-state index in [-0.39, 0.29) is 0 Å². The fourth-order valence-electron chi connectivity index (χ4n) is 1.15. The molecule has 1 aliphatic heterocycles. The lowest BCUT2D eigenvalue weighted by Gasteiger charge is -1.91. The van der Waals surface area contributed by atoms with E-state index >= 15 is 0 Å². The quantitative estimate of drug-likeness (QED) is 0.446. The van der Waals surface area contributed by atoms with E-state index in [9.17, 15) is 0 Å². The number of aromatic nitrogens is 2. The fourth-order valence-corrected chi connectivity index (χ4v) is 1.15. The molecule has 0 amide bonds. The van der Waals surface area contributed by atoms with Crippen molar-refractivity contribution < 1.29 is 9.89 Å². The Bertz CT molecular complexity index is 330. The molecule has 1 aromatic heterocycles. The third-order valence-corrected chi connectivity index (χ3v) is 1.69. The highest BCUT2D eigenvalue weighted by Gasteiger charge is 2.28. The van der Waals surface area contributed by atoms with Crippen molar-refractivity contribution in [2.24, 2.45) is 0 Å². The van der Waals surface area contributed by atoms with Gasteiger partial charge in [-0.3, -0.25) is 0 Å². The van der Waals surface area contributed by atoms with Crippen LogP contribution in [0.3, 0.4) is 0 Å². The van der Waals surface area contributed by atoms with Crippen LogP contribution >= 0.6 is 0 Å². The maximum absolute atomic E-state index is 5.63. The number of fused-ring (bicyclic) bond motifs is 1. The van der Waals surface area contributed by atoms with Crippen LogP contribution in [0.25, 0.3) is 0 Å². The van der Waals surface area contributed by atoms with Crippen molar-refractivity contribution in [1.82, 2.24) is 9.97 Å². The lowest BCUT2D eigenvalue weighted by atomic mass is 10.4. The predicted molar refractivity (Wildman–Crippen MR) is 39.9 cm³/mol. The average Bonchev–Trinajstić information content (AvgIpc) is 2.34. The van der Waals surface area contributed by atoms with Crippen LogP contribution in [0, 0.1) is 0 Å². The summed E-state index contributed by atoms with van der Waals surface area (Å²) in [5.74, 6) is 1.42. The van der Waals surface area contributed by atoms with Gasteiger partial charge in [-0.2, -0.15) is 4.98 Å². The molecule has 0 radical (unpaired) electrons. The Morgan fingerprint density at radius 3 is 3.09 bits per heavy atom. The van der Waals surface area contributed by atoms with Gasteiger partial charge in [-0.25, -0.2) is 10.3 Å². The standard InChI is InChI=1S/C6H7N5/c1-11-3-10-6-4(11)5(7)8-2-9-6/h2-3H,1H3,(H2,7,8,9)/p+2. The van der Waals surface area contributed by atoms with Crippen molar-refractivity contribution in [3.05, 3.63) is 6.33 Å². The van der Waals surface area contributed by atoms with Gasteiger partial charge in [0.1, 0.15) is 13.4 Å². The van der Waals surface area contributed by atoms with Crippen molar-refractivity contribution in [2.45, 2.75) is 0 Å². The zero-order chi connectivity index (χ0) is 7.84. The molecule has 0 atom stereocenters. The van der Waals surface area contributed by atoms with Gasteiger partial charge in [0.25, 0.3) is 0 Å². The molecule has 2 heterocycles. The van der Waals surface area contributed by atoms with Gasteiger partial charge < -0.3 is 5.73 Å². The summed E-state index contributed by atoms with van der Waals surface area (Å²) in [6, 6.07) is 0. The Labute approximate surface area is 63.6 Å². The van der Waals surface area contributed by atoms with E-state index in [4.69, 9.17) is 5.73 Å². The van der Waals surface area contributed by atoms with Crippen LogP contribution < -0.4 is 11.1 Å². The number of hydrogen-bond donors (Lipinski definition) is 2. The Morgan fingerprint density at radius 1 is 1.55 bits per heavy atom. The Kier molecular flexibility index (Phi) is 1.13. The molecule has 5 heteroatoms. The van der Waals surface area contributed by atoms with Crippen LogP contribution in [-0.2, 0) is 0 Å². The molecule has 2 rings (SSSR count). The Hall–Kier alpha value is -1.49. The number of nitrogen functional groups attached to an aromatic ring is 1. The zero-order valence-corrected chi connectivity index (χ0v) is 6.15. The first kappa shape index (κ1) is 6.23. The first-order valence-corrected chi connectivity index (χ1v) is 3.30. The molecular formula is C6H9N5+2. The molecule has 0 aliphatic carbocycles. The molecule has 0 aromatic carbocycles. The second kappa shape index (κ2) is 2.00. The van der Waals surface area contributed by atoms with Gasteiger partial charge in [0.05, 0.1) is 0 Å². The number of rotatable bonds is 0. The summed E-state index contributed by atoms with van der Waals surface area (Å²) in [7, 11) is 1.92. The van der Waals surface area contributed by atoms with Gasteiger partial charge in [-0.1, -0.05) is 0 Å². The van der Waals surface area contributed by atoms with Crippen LogP contribution in [-0.4, -0.2) is 27.9 Å². The number of anilines is 1. The van der Waals surface area contributed by atoms with E-state index in [1.54, 1.807) is 0 Å². The summed E-state index contributed by atoms with van der Waals surface area (Å²) in [5, 5.41) is 1.91. The minimum absolute atomic E-state index is 0.530. The Balaban J connectivity index is 2.67. The van der Waals surface area contributed by atoms with Crippen molar-refractivity contribution in [3.8, 4) is 0 Å². The summed E-state index contributed by atoms with van der Waals surface area (Å²) >= 11 is 0.